The highest BCUT2D eigenvalue weighted by atomic mass is 32.2. The Balaban J connectivity index is 1.66. The van der Waals surface area contributed by atoms with E-state index in [0.717, 1.165) is 0 Å². The van der Waals surface area contributed by atoms with Gasteiger partial charge >= 0.3 is 6.09 Å². The molecular formula is C35H48FN5O8S. The summed E-state index contributed by atoms with van der Waals surface area (Å²) < 4.78 is 53.7. The Bertz CT molecular complexity index is 1690. The lowest BCUT2D eigenvalue weighted by Crippen LogP contribution is -2.60. The zero-order valence-electron chi connectivity index (χ0n) is 29.7. The minimum absolute atomic E-state index is 0.0338. The molecule has 1 heterocycles. The molecule has 4 amide bonds. The third-order valence-electron chi connectivity index (χ3n) is 8.84. The van der Waals surface area contributed by atoms with Gasteiger partial charge in [0.15, 0.2) is 0 Å². The number of alkyl carbamates (subject to hydrolysis) is 1. The Labute approximate surface area is 293 Å². The van der Waals surface area contributed by atoms with Gasteiger partial charge in [-0.1, -0.05) is 32.9 Å². The van der Waals surface area contributed by atoms with Crippen LogP contribution in [-0.4, -0.2) is 85.0 Å². The lowest BCUT2D eigenvalue weighted by Gasteiger charge is -2.36. The molecule has 3 fully saturated rings. The van der Waals surface area contributed by atoms with Gasteiger partial charge in [0.1, 0.15) is 46.6 Å². The largest absolute Gasteiger partial charge is 0.488 e. The maximum Gasteiger partial charge on any atom is 0.408 e. The van der Waals surface area contributed by atoms with Crippen molar-refractivity contribution in [3.8, 4) is 0 Å². The number of hydrogen-bond acceptors (Lipinski definition) is 9. The van der Waals surface area contributed by atoms with Crippen LogP contribution in [0.2, 0.25) is 0 Å². The van der Waals surface area contributed by atoms with Crippen LogP contribution in [0.3, 0.4) is 0 Å². The van der Waals surface area contributed by atoms with Crippen molar-refractivity contribution in [2.45, 2.75) is 109 Å². The lowest BCUT2D eigenvalue weighted by atomic mass is 9.85. The Morgan fingerprint density at radius 2 is 1.80 bits per heavy atom. The van der Waals surface area contributed by atoms with E-state index in [2.05, 4.69) is 33.6 Å². The average molecular weight is 718 g/mol. The molecule has 15 heteroatoms. The Kier molecular flexibility index (Phi) is 10.9. The summed E-state index contributed by atoms with van der Waals surface area (Å²) >= 11 is 0. The second-order valence-electron chi connectivity index (χ2n) is 15.1. The van der Waals surface area contributed by atoms with Crippen LogP contribution in [-0.2, 0) is 33.9 Å². The van der Waals surface area contributed by atoms with E-state index in [-0.39, 0.29) is 30.8 Å². The molecule has 274 valence electrons. The molecule has 2 saturated carbocycles. The van der Waals surface area contributed by atoms with E-state index in [0.29, 0.717) is 18.4 Å². The third-order valence-corrected chi connectivity index (χ3v) is 10.7. The van der Waals surface area contributed by atoms with Crippen LogP contribution >= 0.6 is 0 Å². The molecular weight excluding hydrogens is 669 g/mol. The van der Waals surface area contributed by atoms with Crippen molar-refractivity contribution in [2.24, 2.45) is 16.3 Å². The fourth-order valence-electron chi connectivity index (χ4n) is 5.98. The number of hydrogen-bond donors (Lipinski definition) is 3. The first kappa shape index (κ1) is 38.5. The van der Waals surface area contributed by atoms with Gasteiger partial charge in [-0.25, -0.2) is 17.6 Å². The number of allylic oxidation sites excluding steroid dienone is 1. The van der Waals surface area contributed by atoms with E-state index >= 15 is 0 Å². The maximum atomic E-state index is 14.6. The van der Waals surface area contributed by atoms with Gasteiger partial charge in [0.2, 0.25) is 21.8 Å². The Morgan fingerprint density at radius 3 is 2.32 bits per heavy atom. The van der Waals surface area contributed by atoms with Crippen molar-refractivity contribution < 1.29 is 41.5 Å². The Morgan fingerprint density at radius 1 is 1.14 bits per heavy atom. The van der Waals surface area contributed by atoms with E-state index in [1.807, 2.05) is 0 Å². The topological polar surface area (TPSA) is 173 Å². The van der Waals surface area contributed by atoms with Crippen LogP contribution < -0.4 is 15.4 Å². The molecule has 4 rings (SSSR count). The molecule has 5 atom stereocenters. The molecule has 2 aliphatic carbocycles. The number of benzene rings is 1. The predicted molar refractivity (Wildman–Crippen MR) is 186 cm³/mol. The van der Waals surface area contributed by atoms with Gasteiger partial charge in [-0.05, 0) is 77.3 Å². The fraction of sp³-hybridized carbons (Fsp3) is 0.571. The molecule has 50 heavy (non-hydrogen) atoms. The summed E-state index contributed by atoms with van der Waals surface area (Å²) in [5.74, 6) is -3.14. The van der Waals surface area contributed by atoms with Gasteiger partial charge in [-0.3, -0.25) is 24.1 Å². The van der Waals surface area contributed by atoms with Crippen LogP contribution in [0.15, 0.2) is 41.9 Å². The first-order valence-electron chi connectivity index (χ1n) is 16.6. The summed E-state index contributed by atoms with van der Waals surface area (Å²) in [6.45, 7) is 19.0. The van der Waals surface area contributed by atoms with Crippen molar-refractivity contribution in [1.82, 2.24) is 20.3 Å². The molecule has 0 aromatic heterocycles. The van der Waals surface area contributed by atoms with Crippen LogP contribution in [0.25, 0.3) is 5.76 Å². The minimum atomic E-state index is -3.92. The molecule has 0 radical (unpaired) electrons. The SMILES string of the molecule is C=CC1C[C@]1(NC(=O)[C@@H]1C[C@@H](O/C(=C/C)c2cccc(F)c2N=C)CN1C(=O)[C@@H](NC(=O)OC(C)(C)C)C(C)(C)C)C(=O)NS(=O)(=O)C1CC1. The predicted octanol–water partition coefficient (Wildman–Crippen LogP) is 4.11. The second kappa shape index (κ2) is 14.2. The van der Waals surface area contributed by atoms with Gasteiger partial charge in [-0.15, -0.1) is 6.58 Å². The standard InChI is InChI=1S/C35H48FN5O8S/c1-10-20-18-35(20,31(44)40-50(46,47)22-15-16-22)39-29(42)25-17-21(48-26(11-2)23-13-12-14-24(36)27(23)37-9)19-41(25)30(43)28(33(3,4)5)38-32(45)49-34(6,7)8/h10-14,20-22,25,28H,1,9,15-19H2,2-8H3,(H,38,45)(H,39,42)(H,40,44)/b26-11+/t20?,21-,25+,28-,35-/m1/s1. The number of likely N-dealkylation sites (tertiary alicyclic amines) is 1. The number of sulfonamides is 1. The van der Waals surface area contributed by atoms with Gasteiger partial charge < -0.3 is 25.0 Å². The number of halogens is 1. The highest BCUT2D eigenvalue weighted by Gasteiger charge is 2.62. The van der Waals surface area contributed by atoms with Crippen LogP contribution in [0.5, 0.6) is 0 Å². The lowest BCUT2D eigenvalue weighted by molar-refractivity contribution is -0.143. The number of amides is 4. The summed E-state index contributed by atoms with van der Waals surface area (Å²) in [5.41, 5.74) is -3.01. The molecule has 3 aliphatic rings. The van der Waals surface area contributed by atoms with E-state index < -0.39 is 85.6 Å². The average Bonchev–Trinajstić information content (AvgIpc) is 3.93. The summed E-state index contributed by atoms with van der Waals surface area (Å²) in [6, 6.07) is 1.96. The van der Waals surface area contributed by atoms with E-state index in [9.17, 15) is 32.0 Å². The molecule has 1 aromatic rings. The van der Waals surface area contributed by atoms with Crippen molar-refractivity contribution in [2.75, 3.05) is 6.54 Å². The van der Waals surface area contributed by atoms with E-state index in [4.69, 9.17) is 9.47 Å². The molecule has 0 bridgehead atoms. The fourth-order valence-corrected chi connectivity index (χ4v) is 7.34. The van der Waals surface area contributed by atoms with Crippen LogP contribution in [0.4, 0.5) is 14.9 Å². The second-order valence-corrected chi connectivity index (χ2v) is 17.0. The monoisotopic (exact) mass is 717 g/mol. The van der Waals surface area contributed by atoms with Crippen molar-refractivity contribution >= 4 is 52.0 Å². The van der Waals surface area contributed by atoms with Gasteiger partial charge in [0.25, 0.3) is 5.91 Å². The molecule has 1 aromatic carbocycles. The van der Waals surface area contributed by atoms with E-state index in [1.54, 1.807) is 60.6 Å². The summed E-state index contributed by atoms with van der Waals surface area (Å²) in [4.78, 5) is 59.9. The molecule has 1 unspecified atom stereocenters. The highest BCUT2D eigenvalue weighted by molar-refractivity contribution is 7.91. The highest BCUT2D eigenvalue weighted by Crippen LogP contribution is 2.45. The molecule has 0 spiro atoms. The first-order valence-corrected chi connectivity index (χ1v) is 18.1. The normalized spacial score (nSPS) is 24.4. The van der Waals surface area contributed by atoms with E-state index in [1.165, 1.54) is 23.1 Å². The smallest absolute Gasteiger partial charge is 0.408 e. The number of nitrogens with zero attached hydrogens (tertiary/aromatic N) is 2. The number of para-hydroxylation sites is 1. The minimum Gasteiger partial charge on any atom is -0.488 e. The van der Waals surface area contributed by atoms with Crippen molar-refractivity contribution in [1.29, 1.82) is 0 Å². The van der Waals surface area contributed by atoms with Gasteiger partial charge in [-0.2, -0.15) is 0 Å². The zero-order chi connectivity index (χ0) is 37.4. The van der Waals surface area contributed by atoms with Crippen LogP contribution in [0, 0.1) is 17.2 Å². The number of aliphatic imine (C=N–C) groups is 1. The number of carbonyl (C=O) groups excluding carboxylic acids is 4. The quantitative estimate of drug-likeness (QED) is 0.165. The molecule has 13 nitrogen and oxygen atoms in total. The molecule has 1 aliphatic heterocycles. The molecule has 3 N–H and O–H groups in total. The summed E-state index contributed by atoms with van der Waals surface area (Å²) in [6.07, 6.45) is 2.37. The number of nitrogens with one attached hydrogen (secondary N) is 3. The van der Waals surface area contributed by atoms with Crippen molar-refractivity contribution in [3.63, 3.8) is 0 Å². The first-order chi connectivity index (χ1) is 23.2. The van der Waals surface area contributed by atoms with Gasteiger partial charge in [0, 0.05) is 17.9 Å². The number of ether oxygens (including phenoxy) is 2. The number of rotatable bonds is 12. The van der Waals surface area contributed by atoms with Gasteiger partial charge in [0.05, 0.1) is 11.8 Å². The summed E-state index contributed by atoms with van der Waals surface area (Å²) in [5, 5.41) is 4.73. The molecule has 1 saturated heterocycles. The van der Waals surface area contributed by atoms with Crippen molar-refractivity contribution in [3.05, 3.63) is 48.3 Å². The maximum absolute atomic E-state index is 14.6. The van der Waals surface area contributed by atoms with Crippen LogP contribution in [0.1, 0.15) is 79.7 Å². The zero-order valence-corrected chi connectivity index (χ0v) is 30.5. The Hall–Kier alpha value is -4.27. The summed E-state index contributed by atoms with van der Waals surface area (Å²) in [7, 11) is -3.92. The number of carbonyl (C=O) groups is 4. The third kappa shape index (κ3) is 8.53.